The van der Waals surface area contributed by atoms with Gasteiger partial charge >= 0.3 is 6.61 Å². The highest BCUT2D eigenvalue weighted by atomic mass is 127. The van der Waals surface area contributed by atoms with Crippen LogP contribution in [0.3, 0.4) is 0 Å². The van der Waals surface area contributed by atoms with Gasteiger partial charge in [-0.05, 0) is 18.6 Å². The van der Waals surface area contributed by atoms with Crippen LogP contribution in [0.15, 0.2) is 47.5 Å². The van der Waals surface area contributed by atoms with E-state index in [2.05, 4.69) is 20.4 Å². The molecule has 0 aliphatic carbocycles. The Bertz CT molecular complexity index is 947. The third-order valence-corrected chi connectivity index (χ3v) is 4.80. The standard InChI is InChI=1S/C22H26F2N4O4.HI/c1-3-28(13-15-7-5-4-6-8-15)20(29)12-27-22(25-2)26-11-16-9-18-19(31-14-30-18)10-17(16)32-21(23)24;/h4-10,21H,3,11-14H2,1-2H3,(H2,25,26,27);1H. The van der Waals surface area contributed by atoms with Gasteiger partial charge < -0.3 is 29.7 Å². The Kier molecular flexibility index (Phi) is 10.4. The van der Waals surface area contributed by atoms with Crippen molar-refractivity contribution in [2.24, 2.45) is 4.99 Å². The van der Waals surface area contributed by atoms with Gasteiger partial charge in [0.05, 0.1) is 6.54 Å². The zero-order valence-electron chi connectivity index (χ0n) is 18.3. The van der Waals surface area contributed by atoms with E-state index < -0.39 is 6.61 Å². The molecule has 0 saturated heterocycles. The summed E-state index contributed by atoms with van der Waals surface area (Å²) in [5.74, 6) is 1.01. The SMILES string of the molecule is CCN(Cc1ccccc1)C(=O)CNC(=NC)NCc1cc2c(cc1OC(F)F)OCO2.I. The molecule has 8 nitrogen and oxygen atoms in total. The molecule has 2 aromatic rings. The maximum atomic E-state index is 12.8. The fraction of sp³-hybridized carbons (Fsp3) is 0.364. The number of carbonyl (C=O) groups is 1. The van der Waals surface area contributed by atoms with Crippen LogP contribution in [-0.4, -0.2) is 50.3 Å². The molecule has 0 spiro atoms. The third kappa shape index (κ3) is 7.62. The average Bonchev–Trinajstić information content (AvgIpc) is 3.24. The summed E-state index contributed by atoms with van der Waals surface area (Å²) in [4.78, 5) is 18.4. The smallest absolute Gasteiger partial charge is 0.387 e. The molecule has 0 aromatic heterocycles. The van der Waals surface area contributed by atoms with Crippen molar-refractivity contribution in [3.8, 4) is 17.2 Å². The van der Waals surface area contributed by atoms with E-state index >= 15 is 0 Å². The number of rotatable bonds is 9. The van der Waals surface area contributed by atoms with Crippen LogP contribution in [0.1, 0.15) is 18.1 Å². The average molecular weight is 576 g/mol. The molecular weight excluding hydrogens is 549 g/mol. The highest BCUT2D eigenvalue weighted by molar-refractivity contribution is 14.0. The summed E-state index contributed by atoms with van der Waals surface area (Å²) < 4.78 is 40.7. The second-order valence-corrected chi connectivity index (χ2v) is 6.86. The minimum absolute atomic E-state index is 0. The summed E-state index contributed by atoms with van der Waals surface area (Å²) in [6, 6.07) is 12.7. The Morgan fingerprint density at radius 1 is 1.18 bits per heavy atom. The van der Waals surface area contributed by atoms with Gasteiger partial charge in [0.15, 0.2) is 17.5 Å². The topological polar surface area (TPSA) is 84.4 Å². The maximum absolute atomic E-state index is 12.8. The molecule has 0 bridgehead atoms. The van der Waals surface area contributed by atoms with Gasteiger partial charge in [-0.2, -0.15) is 8.78 Å². The van der Waals surface area contributed by atoms with E-state index in [0.29, 0.717) is 36.1 Å². The molecule has 0 saturated carbocycles. The second-order valence-electron chi connectivity index (χ2n) is 6.86. The Balaban J connectivity index is 0.00000385. The number of hydrogen-bond donors (Lipinski definition) is 2. The van der Waals surface area contributed by atoms with Gasteiger partial charge in [-0.3, -0.25) is 9.79 Å². The lowest BCUT2D eigenvalue weighted by Gasteiger charge is -2.22. The third-order valence-electron chi connectivity index (χ3n) is 4.80. The van der Waals surface area contributed by atoms with E-state index in [4.69, 9.17) is 9.47 Å². The molecular formula is C22H27F2IN4O4. The fourth-order valence-electron chi connectivity index (χ4n) is 3.16. The molecule has 180 valence electrons. The minimum Gasteiger partial charge on any atom is -0.454 e. The van der Waals surface area contributed by atoms with Gasteiger partial charge in [0.2, 0.25) is 12.7 Å². The fourth-order valence-corrected chi connectivity index (χ4v) is 3.16. The molecule has 11 heteroatoms. The van der Waals surface area contributed by atoms with Crippen LogP contribution >= 0.6 is 24.0 Å². The van der Waals surface area contributed by atoms with Crippen molar-refractivity contribution in [3.05, 3.63) is 53.6 Å². The number of ether oxygens (including phenoxy) is 3. The summed E-state index contributed by atoms with van der Waals surface area (Å²) in [6.07, 6.45) is 0. The molecule has 1 aliphatic rings. The zero-order valence-corrected chi connectivity index (χ0v) is 20.7. The minimum atomic E-state index is -2.98. The number of aliphatic imine (C=N–C) groups is 1. The summed E-state index contributed by atoms with van der Waals surface area (Å²) in [7, 11) is 1.55. The van der Waals surface area contributed by atoms with Gasteiger partial charge in [-0.25, -0.2) is 0 Å². The Morgan fingerprint density at radius 3 is 2.52 bits per heavy atom. The number of hydrogen-bond acceptors (Lipinski definition) is 5. The van der Waals surface area contributed by atoms with E-state index in [1.165, 1.54) is 6.07 Å². The summed E-state index contributed by atoms with van der Waals surface area (Å²) >= 11 is 0. The predicted molar refractivity (Wildman–Crippen MR) is 130 cm³/mol. The number of fused-ring (bicyclic) bond motifs is 1. The summed E-state index contributed by atoms with van der Waals surface area (Å²) in [5.41, 5.74) is 1.47. The lowest BCUT2D eigenvalue weighted by Crippen LogP contribution is -2.44. The maximum Gasteiger partial charge on any atom is 0.387 e. The predicted octanol–water partition coefficient (Wildman–Crippen LogP) is 3.35. The van der Waals surface area contributed by atoms with E-state index in [0.717, 1.165) is 5.56 Å². The van der Waals surface area contributed by atoms with E-state index in [1.54, 1.807) is 18.0 Å². The number of benzene rings is 2. The van der Waals surface area contributed by atoms with E-state index in [9.17, 15) is 13.6 Å². The first-order chi connectivity index (χ1) is 15.5. The normalized spacial score (nSPS) is 12.2. The van der Waals surface area contributed by atoms with Crippen molar-refractivity contribution in [1.29, 1.82) is 0 Å². The molecule has 3 rings (SSSR count). The molecule has 2 aromatic carbocycles. The lowest BCUT2D eigenvalue weighted by molar-refractivity contribution is -0.130. The first-order valence-electron chi connectivity index (χ1n) is 10.1. The number of likely N-dealkylation sites (N-methyl/N-ethyl adjacent to an activating group) is 1. The quantitative estimate of drug-likeness (QED) is 0.271. The van der Waals surface area contributed by atoms with Gasteiger partial charge in [-0.15, -0.1) is 24.0 Å². The van der Waals surface area contributed by atoms with E-state index in [-0.39, 0.29) is 55.5 Å². The zero-order chi connectivity index (χ0) is 22.9. The number of halogens is 3. The molecule has 0 radical (unpaired) electrons. The Labute approximate surface area is 208 Å². The van der Waals surface area contributed by atoms with Gasteiger partial charge in [-0.1, -0.05) is 30.3 Å². The van der Waals surface area contributed by atoms with Crippen LogP contribution in [0, 0.1) is 0 Å². The molecule has 1 amide bonds. The van der Waals surface area contributed by atoms with Crippen LogP contribution in [-0.2, 0) is 17.9 Å². The number of carbonyl (C=O) groups excluding carboxylic acids is 1. The van der Waals surface area contributed by atoms with Crippen molar-refractivity contribution < 1.29 is 27.8 Å². The monoisotopic (exact) mass is 576 g/mol. The van der Waals surface area contributed by atoms with Crippen molar-refractivity contribution >= 4 is 35.8 Å². The van der Waals surface area contributed by atoms with Gasteiger partial charge in [0.1, 0.15) is 5.75 Å². The lowest BCUT2D eigenvalue weighted by atomic mass is 10.1. The van der Waals surface area contributed by atoms with Crippen molar-refractivity contribution in [3.63, 3.8) is 0 Å². The van der Waals surface area contributed by atoms with Crippen LogP contribution in [0.5, 0.6) is 17.2 Å². The highest BCUT2D eigenvalue weighted by Crippen LogP contribution is 2.38. The first-order valence-corrected chi connectivity index (χ1v) is 10.1. The van der Waals surface area contributed by atoms with Crippen molar-refractivity contribution in [2.45, 2.75) is 26.6 Å². The first kappa shape index (κ1) is 26.4. The van der Waals surface area contributed by atoms with Crippen LogP contribution in [0.2, 0.25) is 0 Å². The van der Waals surface area contributed by atoms with Gasteiger partial charge in [0, 0.05) is 38.3 Å². The molecule has 33 heavy (non-hydrogen) atoms. The van der Waals surface area contributed by atoms with Crippen LogP contribution < -0.4 is 24.8 Å². The van der Waals surface area contributed by atoms with Gasteiger partial charge in [0.25, 0.3) is 0 Å². The number of alkyl halides is 2. The molecule has 0 atom stereocenters. The largest absolute Gasteiger partial charge is 0.454 e. The second kappa shape index (κ2) is 13.0. The number of nitrogens with one attached hydrogen (secondary N) is 2. The molecule has 1 heterocycles. The molecule has 0 fully saturated rings. The molecule has 2 N–H and O–H groups in total. The molecule has 1 aliphatic heterocycles. The Hall–Kier alpha value is -2.83. The number of nitrogens with zero attached hydrogens (tertiary/aromatic N) is 2. The van der Waals surface area contributed by atoms with Crippen LogP contribution in [0.4, 0.5) is 8.78 Å². The Morgan fingerprint density at radius 2 is 1.88 bits per heavy atom. The molecule has 0 unspecified atom stereocenters. The van der Waals surface area contributed by atoms with Crippen molar-refractivity contribution in [1.82, 2.24) is 15.5 Å². The highest BCUT2D eigenvalue weighted by Gasteiger charge is 2.20. The van der Waals surface area contributed by atoms with E-state index in [1.807, 2.05) is 37.3 Å². The summed E-state index contributed by atoms with van der Waals surface area (Å²) in [6.45, 7) is 0.174. The number of amides is 1. The number of guanidine groups is 1. The van der Waals surface area contributed by atoms with Crippen LogP contribution in [0.25, 0.3) is 0 Å². The van der Waals surface area contributed by atoms with Crippen molar-refractivity contribution in [2.75, 3.05) is 26.9 Å². The summed E-state index contributed by atoms with van der Waals surface area (Å²) in [5, 5.41) is 5.95.